The van der Waals surface area contributed by atoms with E-state index < -0.39 is 11.5 Å². The minimum atomic E-state index is -0.737. The van der Waals surface area contributed by atoms with Crippen LogP contribution >= 0.6 is 34.4 Å². The average Bonchev–Trinajstić information content (AvgIpc) is 3.38. The predicted molar refractivity (Wildman–Crippen MR) is 112 cm³/mol. The molecule has 2 N–H and O–H groups in total. The van der Waals surface area contributed by atoms with Crippen LogP contribution < -0.4 is 16.3 Å². The van der Waals surface area contributed by atoms with Crippen molar-refractivity contribution in [1.29, 1.82) is 0 Å². The van der Waals surface area contributed by atoms with Crippen molar-refractivity contribution >= 4 is 67.5 Å². The number of aromatic nitrogens is 3. The summed E-state index contributed by atoms with van der Waals surface area (Å²) in [6.45, 7) is 0. The zero-order valence-electron chi connectivity index (χ0n) is 14.4. The molecule has 0 bridgehead atoms. The lowest BCUT2D eigenvalue weighted by Gasteiger charge is -2.01. The second-order valence-electron chi connectivity index (χ2n) is 5.49. The summed E-state index contributed by atoms with van der Waals surface area (Å²) in [5.74, 6) is -0.741. The van der Waals surface area contributed by atoms with Gasteiger partial charge in [0.05, 0.1) is 5.75 Å². The van der Waals surface area contributed by atoms with Gasteiger partial charge in [-0.25, -0.2) is 9.78 Å². The topological polar surface area (TPSA) is 127 Å². The number of hydrogen-bond acceptors (Lipinski definition) is 10. The number of thioether (sulfide) groups is 1. The fraction of sp³-hybridized carbons (Fsp3) is 0.0588. The molecular formula is C17H11N5O4S3. The highest BCUT2D eigenvalue weighted by molar-refractivity contribution is 8.01. The summed E-state index contributed by atoms with van der Waals surface area (Å²) < 4.78 is 5.66. The Hall–Kier alpha value is -3.09. The normalized spacial score (nSPS) is 10.8. The lowest BCUT2D eigenvalue weighted by Crippen LogP contribution is -2.20. The van der Waals surface area contributed by atoms with E-state index in [0.717, 1.165) is 11.3 Å². The number of thiazole rings is 1. The van der Waals surface area contributed by atoms with E-state index in [1.165, 1.54) is 29.2 Å². The van der Waals surface area contributed by atoms with Crippen LogP contribution in [0.5, 0.6) is 0 Å². The van der Waals surface area contributed by atoms with E-state index in [9.17, 15) is 14.4 Å². The second kappa shape index (κ2) is 8.51. The van der Waals surface area contributed by atoms with E-state index in [1.54, 1.807) is 35.8 Å². The second-order valence-corrected chi connectivity index (χ2v) is 8.58. The molecule has 1 aromatic carbocycles. The van der Waals surface area contributed by atoms with Crippen molar-refractivity contribution in [3.05, 3.63) is 57.9 Å². The molecule has 0 radical (unpaired) electrons. The number of fused-ring (bicyclic) bond motifs is 1. The number of amides is 2. The molecule has 12 heteroatoms. The smallest absolute Gasteiger partial charge is 0.349 e. The molecular weight excluding hydrogens is 434 g/mol. The SMILES string of the molecule is O=C(CSc1nnc(NC(=O)c2cc3ccccc3oc2=O)s1)Nc1nccs1. The number of benzene rings is 1. The molecule has 4 aromatic rings. The van der Waals surface area contributed by atoms with Crippen LogP contribution in [0.4, 0.5) is 10.3 Å². The van der Waals surface area contributed by atoms with E-state index in [1.807, 2.05) is 0 Å². The third kappa shape index (κ3) is 4.67. The first-order chi connectivity index (χ1) is 14.1. The fourth-order valence-corrected chi connectivity index (χ4v) is 4.36. The number of para-hydroxylation sites is 1. The largest absolute Gasteiger partial charge is 0.422 e. The minimum Gasteiger partial charge on any atom is -0.422 e. The van der Waals surface area contributed by atoms with E-state index in [4.69, 9.17) is 4.42 Å². The summed E-state index contributed by atoms with van der Waals surface area (Å²) in [5.41, 5.74) is -0.463. The number of rotatable bonds is 6. The van der Waals surface area contributed by atoms with Crippen molar-refractivity contribution in [2.45, 2.75) is 4.34 Å². The van der Waals surface area contributed by atoms with Gasteiger partial charge in [0, 0.05) is 17.0 Å². The molecule has 146 valence electrons. The summed E-state index contributed by atoms with van der Waals surface area (Å²) in [6, 6.07) is 8.38. The van der Waals surface area contributed by atoms with Gasteiger partial charge in [-0.3, -0.25) is 14.9 Å². The molecule has 0 aliphatic rings. The third-order valence-corrected chi connectivity index (χ3v) is 6.18. The van der Waals surface area contributed by atoms with E-state index in [0.29, 0.717) is 20.4 Å². The molecule has 0 aliphatic carbocycles. The number of nitrogens with zero attached hydrogens (tertiary/aromatic N) is 3. The molecule has 0 atom stereocenters. The Bertz CT molecular complexity index is 1240. The van der Waals surface area contributed by atoms with Gasteiger partial charge in [0.1, 0.15) is 11.1 Å². The van der Waals surface area contributed by atoms with Gasteiger partial charge in [-0.15, -0.1) is 21.5 Å². The van der Waals surface area contributed by atoms with Crippen molar-refractivity contribution < 1.29 is 14.0 Å². The maximum Gasteiger partial charge on any atom is 0.349 e. The molecule has 0 unspecified atom stereocenters. The average molecular weight is 446 g/mol. The molecule has 0 fully saturated rings. The van der Waals surface area contributed by atoms with Gasteiger partial charge in [-0.05, 0) is 12.1 Å². The van der Waals surface area contributed by atoms with E-state index in [2.05, 4.69) is 25.8 Å². The van der Waals surface area contributed by atoms with Crippen LogP contribution in [0, 0.1) is 0 Å². The number of carbonyl (C=O) groups is 2. The Morgan fingerprint density at radius 3 is 2.83 bits per heavy atom. The maximum atomic E-state index is 12.4. The van der Waals surface area contributed by atoms with Gasteiger partial charge in [0.25, 0.3) is 5.91 Å². The van der Waals surface area contributed by atoms with Crippen molar-refractivity contribution in [1.82, 2.24) is 15.2 Å². The number of nitrogens with one attached hydrogen (secondary N) is 2. The van der Waals surface area contributed by atoms with Crippen molar-refractivity contribution in [2.24, 2.45) is 0 Å². The molecule has 3 heterocycles. The third-order valence-electron chi connectivity index (χ3n) is 3.52. The van der Waals surface area contributed by atoms with Gasteiger partial charge in [0.2, 0.25) is 11.0 Å². The number of anilines is 2. The van der Waals surface area contributed by atoms with Gasteiger partial charge in [-0.1, -0.05) is 41.3 Å². The Morgan fingerprint density at radius 2 is 2.00 bits per heavy atom. The summed E-state index contributed by atoms with van der Waals surface area (Å²) in [5, 5.41) is 16.1. The fourth-order valence-electron chi connectivity index (χ4n) is 2.27. The molecule has 9 nitrogen and oxygen atoms in total. The lowest BCUT2D eigenvalue weighted by molar-refractivity contribution is -0.113. The van der Waals surface area contributed by atoms with Gasteiger partial charge < -0.3 is 9.73 Å². The van der Waals surface area contributed by atoms with Crippen molar-refractivity contribution in [3.63, 3.8) is 0 Å². The first-order valence-electron chi connectivity index (χ1n) is 8.08. The molecule has 3 aromatic heterocycles. The van der Waals surface area contributed by atoms with Gasteiger partial charge in [0.15, 0.2) is 9.47 Å². The highest BCUT2D eigenvalue weighted by atomic mass is 32.2. The molecule has 4 rings (SSSR count). The minimum absolute atomic E-state index is 0.121. The quantitative estimate of drug-likeness (QED) is 0.263. The Balaban J connectivity index is 1.38. The Kier molecular flexibility index (Phi) is 5.64. The lowest BCUT2D eigenvalue weighted by atomic mass is 10.2. The first-order valence-corrected chi connectivity index (χ1v) is 10.8. The van der Waals surface area contributed by atoms with Crippen LogP contribution in [0.2, 0.25) is 0 Å². The first kappa shape index (κ1) is 19.2. The number of hydrogen-bond donors (Lipinski definition) is 2. The summed E-state index contributed by atoms with van der Waals surface area (Å²) in [7, 11) is 0. The van der Waals surface area contributed by atoms with E-state index in [-0.39, 0.29) is 22.4 Å². The summed E-state index contributed by atoms with van der Waals surface area (Å²) >= 11 is 3.60. The van der Waals surface area contributed by atoms with Gasteiger partial charge in [-0.2, -0.15) is 0 Å². The van der Waals surface area contributed by atoms with Crippen molar-refractivity contribution in [3.8, 4) is 0 Å². The molecule has 0 spiro atoms. The molecule has 0 saturated carbocycles. The predicted octanol–water partition coefficient (Wildman–Crippen LogP) is 3.08. The monoisotopic (exact) mass is 445 g/mol. The number of carbonyl (C=O) groups excluding carboxylic acids is 2. The van der Waals surface area contributed by atoms with Crippen LogP contribution in [0.25, 0.3) is 11.0 Å². The molecule has 0 saturated heterocycles. The van der Waals surface area contributed by atoms with Crippen LogP contribution in [-0.4, -0.2) is 32.7 Å². The standard InChI is InChI=1S/C17H11N5O4S3/c23-12(19-15-18-5-6-27-15)8-28-17-22-21-16(29-17)20-13(24)10-7-9-3-1-2-4-11(9)26-14(10)25/h1-7H,8H2,(H,18,19,23)(H,20,21,24). The summed E-state index contributed by atoms with van der Waals surface area (Å²) in [4.78, 5) is 40.3. The van der Waals surface area contributed by atoms with Gasteiger partial charge >= 0.3 is 5.63 Å². The highest BCUT2D eigenvalue weighted by Crippen LogP contribution is 2.26. The van der Waals surface area contributed by atoms with Crippen LogP contribution in [0.15, 0.2) is 55.5 Å². The molecule has 29 heavy (non-hydrogen) atoms. The van der Waals surface area contributed by atoms with Crippen LogP contribution in [-0.2, 0) is 4.79 Å². The molecule has 2 amide bonds. The zero-order valence-corrected chi connectivity index (χ0v) is 16.9. The highest BCUT2D eigenvalue weighted by Gasteiger charge is 2.16. The Morgan fingerprint density at radius 1 is 1.14 bits per heavy atom. The zero-order chi connectivity index (χ0) is 20.2. The summed E-state index contributed by atoms with van der Waals surface area (Å²) in [6.07, 6.45) is 1.60. The van der Waals surface area contributed by atoms with Crippen LogP contribution in [0.1, 0.15) is 10.4 Å². The van der Waals surface area contributed by atoms with E-state index >= 15 is 0 Å². The van der Waals surface area contributed by atoms with Crippen LogP contribution in [0.3, 0.4) is 0 Å². The van der Waals surface area contributed by atoms with Crippen molar-refractivity contribution in [2.75, 3.05) is 16.4 Å². The Labute approximate surface area is 175 Å². The maximum absolute atomic E-state index is 12.4. The molecule has 0 aliphatic heterocycles.